The highest BCUT2D eigenvalue weighted by Crippen LogP contribution is 2.53. The van der Waals surface area contributed by atoms with E-state index in [1.54, 1.807) is 11.3 Å². The number of carboxylic acid groups (broad SMARTS) is 1. The van der Waals surface area contributed by atoms with Crippen molar-refractivity contribution >= 4 is 17.3 Å². The van der Waals surface area contributed by atoms with Gasteiger partial charge in [-0.3, -0.25) is 0 Å². The molecule has 4 heteroatoms. The van der Waals surface area contributed by atoms with E-state index in [-0.39, 0.29) is 0 Å². The summed E-state index contributed by atoms with van der Waals surface area (Å²) in [7, 11) is 0. The first-order valence-electron chi connectivity index (χ1n) is 4.96. The predicted octanol–water partition coefficient (Wildman–Crippen LogP) is 1.84. The number of hydrogen-bond acceptors (Lipinski definition) is 3. The van der Waals surface area contributed by atoms with Crippen LogP contribution in [0.4, 0.5) is 0 Å². The second kappa shape index (κ2) is 3.32. The normalized spacial score (nSPS) is 19.9. The zero-order valence-electron chi connectivity index (χ0n) is 8.78. The standard InChI is InChI=1S/C11H14O3S/c1-6-5-8(7(2)15-6)11(3-4-11)9(12)10(13)14/h5,9,12H,3-4H2,1-2H3,(H,13,14). The summed E-state index contributed by atoms with van der Waals surface area (Å²) in [5.41, 5.74) is 0.528. The molecule has 82 valence electrons. The highest BCUT2D eigenvalue weighted by Gasteiger charge is 2.54. The van der Waals surface area contributed by atoms with Gasteiger partial charge in [0, 0.05) is 15.2 Å². The molecule has 0 spiro atoms. The molecule has 1 aliphatic carbocycles. The van der Waals surface area contributed by atoms with Crippen LogP contribution >= 0.6 is 11.3 Å². The van der Waals surface area contributed by atoms with Crippen LogP contribution in [0.25, 0.3) is 0 Å². The number of rotatable bonds is 3. The van der Waals surface area contributed by atoms with Crippen molar-refractivity contribution in [2.75, 3.05) is 0 Å². The van der Waals surface area contributed by atoms with Crippen molar-refractivity contribution in [2.45, 2.75) is 38.2 Å². The number of carboxylic acids is 1. The lowest BCUT2D eigenvalue weighted by Gasteiger charge is -2.18. The Morgan fingerprint density at radius 1 is 1.53 bits per heavy atom. The second-order valence-corrected chi connectivity index (χ2v) is 5.68. The van der Waals surface area contributed by atoms with Gasteiger partial charge in [0.2, 0.25) is 0 Å². The number of carbonyl (C=O) groups is 1. The van der Waals surface area contributed by atoms with Gasteiger partial charge in [0.15, 0.2) is 6.10 Å². The Morgan fingerprint density at radius 2 is 2.13 bits per heavy atom. The molecule has 1 aromatic heterocycles. The quantitative estimate of drug-likeness (QED) is 0.826. The molecular weight excluding hydrogens is 212 g/mol. The monoisotopic (exact) mass is 226 g/mol. The first kappa shape index (κ1) is 10.6. The molecule has 0 radical (unpaired) electrons. The average molecular weight is 226 g/mol. The Kier molecular flexibility index (Phi) is 2.35. The molecule has 1 aromatic rings. The summed E-state index contributed by atoms with van der Waals surface area (Å²) in [6.45, 7) is 3.99. The molecule has 1 saturated carbocycles. The van der Waals surface area contributed by atoms with E-state index in [9.17, 15) is 9.90 Å². The van der Waals surface area contributed by atoms with Crippen molar-refractivity contribution in [3.05, 3.63) is 21.4 Å². The molecule has 0 amide bonds. The van der Waals surface area contributed by atoms with Crippen LogP contribution in [0.2, 0.25) is 0 Å². The lowest BCUT2D eigenvalue weighted by atomic mass is 9.90. The predicted molar refractivity (Wildman–Crippen MR) is 58.3 cm³/mol. The molecule has 0 bridgehead atoms. The van der Waals surface area contributed by atoms with Gasteiger partial charge in [-0.15, -0.1) is 11.3 Å². The SMILES string of the molecule is Cc1cc(C2(C(O)C(=O)O)CC2)c(C)s1. The smallest absolute Gasteiger partial charge is 0.333 e. The van der Waals surface area contributed by atoms with Crippen LogP contribution in [-0.2, 0) is 10.2 Å². The van der Waals surface area contributed by atoms with E-state index < -0.39 is 17.5 Å². The number of aliphatic hydroxyl groups is 1. The molecule has 0 saturated heterocycles. The molecule has 3 nitrogen and oxygen atoms in total. The van der Waals surface area contributed by atoms with E-state index >= 15 is 0 Å². The number of hydrogen-bond donors (Lipinski definition) is 2. The van der Waals surface area contributed by atoms with Crippen molar-refractivity contribution in [1.29, 1.82) is 0 Å². The summed E-state index contributed by atoms with van der Waals surface area (Å²) in [6, 6.07) is 2.01. The minimum Gasteiger partial charge on any atom is -0.479 e. The fraction of sp³-hybridized carbons (Fsp3) is 0.545. The minimum absolute atomic E-state index is 0.499. The number of aliphatic hydroxyl groups excluding tert-OH is 1. The summed E-state index contributed by atoms with van der Waals surface area (Å²) in [6.07, 6.45) is 0.291. The largest absolute Gasteiger partial charge is 0.479 e. The lowest BCUT2D eigenvalue weighted by molar-refractivity contribution is -0.148. The third kappa shape index (κ3) is 1.58. The van der Waals surface area contributed by atoms with Gasteiger partial charge in [0.25, 0.3) is 0 Å². The molecular formula is C11H14O3S. The van der Waals surface area contributed by atoms with Crippen molar-refractivity contribution < 1.29 is 15.0 Å². The maximum atomic E-state index is 10.8. The number of thiophene rings is 1. The van der Waals surface area contributed by atoms with Gasteiger partial charge < -0.3 is 10.2 Å². The van der Waals surface area contributed by atoms with Crippen LogP contribution in [0.15, 0.2) is 6.07 Å². The molecule has 1 fully saturated rings. The maximum absolute atomic E-state index is 10.8. The highest BCUT2D eigenvalue weighted by molar-refractivity contribution is 7.12. The van der Waals surface area contributed by atoms with Crippen LogP contribution in [0.5, 0.6) is 0 Å². The van der Waals surface area contributed by atoms with E-state index in [4.69, 9.17) is 5.11 Å². The van der Waals surface area contributed by atoms with Crippen LogP contribution in [-0.4, -0.2) is 22.3 Å². The van der Waals surface area contributed by atoms with E-state index in [1.807, 2.05) is 19.9 Å². The lowest BCUT2D eigenvalue weighted by Crippen LogP contribution is -2.33. The Labute approximate surface area is 92.4 Å². The van der Waals surface area contributed by atoms with E-state index in [0.717, 1.165) is 23.3 Å². The second-order valence-electron chi connectivity index (χ2n) is 4.22. The molecule has 0 aliphatic heterocycles. The van der Waals surface area contributed by atoms with Crippen LogP contribution in [0.1, 0.15) is 28.2 Å². The molecule has 2 N–H and O–H groups in total. The average Bonchev–Trinajstić information content (AvgIpc) is 2.87. The molecule has 1 aliphatic rings. The first-order valence-corrected chi connectivity index (χ1v) is 5.77. The van der Waals surface area contributed by atoms with Gasteiger partial charge in [0.05, 0.1) is 0 Å². The minimum atomic E-state index is -1.26. The van der Waals surface area contributed by atoms with Gasteiger partial charge in [-0.2, -0.15) is 0 Å². The summed E-state index contributed by atoms with van der Waals surface area (Å²) >= 11 is 1.66. The van der Waals surface area contributed by atoms with Gasteiger partial charge in [-0.1, -0.05) is 0 Å². The van der Waals surface area contributed by atoms with Crippen LogP contribution in [0.3, 0.4) is 0 Å². The number of aryl methyl sites for hydroxylation is 2. The Bertz CT molecular complexity index is 404. The molecule has 1 atom stereocenters. The van der Waals surface area contributed by atoms with Crippen molar-refractivity contribution in [2.24, 2.45) is 0 Å². The number of aliphatic carboxylic acids is 1. The van der Waals surface area contributed by atoms with Gasteiger partial charge >= 0.3 is 5.97 Å². The third-order valence-electron chi connectivity index (χ3n) is 3.12. The third-order valence-corrected chi connectivity index (χ3v) is 4.09. The fourth-order valence-corrected chi connectivity index (χ4v) is 3.22. The Balaban J connectivity index is 2.38. The van der Waals surface area contributed by atoms with Gasteiger partial charge in [-0.25, -0.2) is 4.79 Å². The zero-order valence-corrected chi connectivity index (χ0v) is 9.60. The molecule has 1 unspecified atom stereocenters. The topological polar surface area (TPSA) is 57.5 Å². The maximum Gasteiger partial charge on any atom is 0.333 e. The summed E-state index contributed by atoms with van der Waals surface area (Å²) in [5, 5.41) is 18.6. The molecule has 0 aromatic carbocycles. The van der Waals surface area contributed by atoms with Gasteiger partial charge in [0.1, 0.15) is 0 Å². The molecule has 2 rings (SSSR count). The summed E-state index contributed by atoms with van der Waals surface area (Å²) in [4.78, 5) is 13.1. The van der Waals surface area contributed by atoms with Crippen molar-refractivity contribution in [1.82, 2.24) is 0 Å². The fourth-order valence-electron chi connectivity index (χ4n) is 2.19. The van der Waals surface area contributed by atoms with Gasteiger partial charge in [-0.05, 0) is 38.3 Å². The molecule has 15 heavy (non-hydrogen) atoms. The first-order chi connectivity index (χ1) is 6.97. The van der Waals surface area contributed by atoms with Crippen molar-refractivity contribution in [3.8, 4) is 0 Å². The van der Waals surface area contributed by atoms with Crippen LogP contribution in [0, 0.1) is 13.8 Å². The molecule has 1 heterocycles. The zero-order chi connectivity index (χ0) is 11.2. The Hall–Kier alpha value is -0.870. The summed E-state index contributed by atoms with van der Waals surface area (Å²) in [5.74, 6) is -1.12. The van der Waals surface area contributed by atoms with E-state index in [0.29, 0.717) is 0 Å². The van der Waals surface area contributed by atoms with E-state index in [2.05, 4.69) is 0 Å². The highest BCUT2D eigenvalue weighted by atomic mass is 32.1. The van der Waals surface area contributed by atoms with Crippen molar-refractivity contribution in [3.63, 3.8) is 0 Å². The summed E-state index contributed by atoms with van der Waals surface area (Å²) < 4.78 is 0. The van der Waals surface area contributed by atoms with Crippen LogP contribution < -0.4 is 0 Å². The van der Waals surface area contributed by atoms with E-state index in [1.165, 1.54) is 4.88 Å². The Morgan fingerprint density at radius 3 is 2.47 bits per heavy atom.